The van der Waals surface area contributed by atoms with Crippen molar-refractivity contribution in [3.63, 3.8) is 0 Å². The summed E-state index contributed by atoms with van der Waals surface area (Å²) in [6.45, 7) is 0.150. The van der Waals surface area contributed by atoms with Gasteiger partial charge >= 0.3 is 5.97 Å². The third-order valence-corrected chi connectivity index (χ3v) is 3.34. The van der Waals surface area contributed by atoms with Gasteiger partial charge < -0.3 is 24.4 Å². The third kappa shape index (κ3) is 2.23. The van der Waals surface area contributed by atoms with Gasteiger partial charge in [0.2, 0.25) is 0 Å². The Kier molecular flexibility index (Phi) is 3.24. The quantitative estimate of drug-likeness (QED) is 0.714. The van der Waals surface area contributed by atoms with E-state index >= 15 is 0 Å². The largest absolute Gasteiger partial charge is 0.453 e. The van der Waals surface area contributed by atoms with Crippen LogP contribution in [0.1, 0.15) is 10.4 Å². The third-order valence-electron chi connectivity index (χ3n) is 3.34. The molecule has 2 heterocycles. The Bertz CT molecular complexity index is 461. The van der Waals surface area contributed by atoms with Gasteiger partial charge in [0.1, 0.15) is 18.3 Å². The second kappa shape index (κ2) is 4.90. The van der Waals surface area contributed by atoms with E-state index in [1.807, 2.05) is 0 Å². The molecule has 0 bridgehead atoms. The molecule has 2 N–H and O–H groups in total. The van der Waals surface area contributed by atoms with Crippen LogP contribution in [0.3, 0.4) is 0 Å². The van der Waals surface area contributed by atoms with Crippen molar-refractivity contribution < 1.29 is 29.2 Å². The summed E-state index contributed by atoms with van der Waals surface area (Å²) in [6.07, 6.45) is -4.30. The van der Waals surface area contributed by atoms with Gasteiger partial charge in [-0.15, -0.1) is 0 Å². The summed E-state index contributed by atoms with van der Waals surface area (Å²) < 4.78 is 15.7. The van der Waals surface area contributed by atoms with Crippen molar-refractivity contribution in [2.45, 2.75) is 30.7 Å². The average Bonchev–Trinajstić information content (AvgIpc) is 2.93. The van der Waals surface area contributed by atoms with Crippen LogP contribution in [0.15, 0.2) is 30.3 Å². The lowest BCUT2D eigenvalue weighted by Gasteiger charge is -2.17. The number of carbonyl (C=O) groups excluding carboxylic acids is 1. The van der Waals surface area contributed by atoms with Gasteiger partial charge in [-0.2, -0.15) is 0 Å². The number of aliphatic hydroxyl groups is 2. The number of carbonyl (C=O) groups is 1. The van der Waals surface area contributed by atoms with E-state index in [2.05, 4.69) is 0 Å². The molecule has 102 valence electrons. The number of benzene rings is 1. The maximum absolute atomic E-state index is 11.9. The van der Waals surface area contributed by atoms with Gasteiger partial charge in [-0.1, -0.05) is 18.2 Å². The van der Waals surface area contributed by atoms with E-state index < -0.39 is 36.7 Å². The number of esters is 1. The molecule has 3 rings (SSSR count). The zero-order valence-electron chi connectivity index (χ0n) is 10.0. The summed E-state index contributed by atoms with van der Waals surface area (Å²) in [5.74, 6) is -0.477. The van der Waals surface area contributed by atoms with Crippen molar-refractivity contribution in [3.8, 4) is 0 Å². The molecule has 19 heavy (non-hydrogen) atoms. The van der Waals surface area contributed by atoms with Crippen LogP contribution >= 0.6 is 0 Å². The number of rotatable bonds is 2. The molecule has 6 heteroatoms. The Hall–Kier alpha value is -1.47. The predicted octanol–water partition coefficient (Wildman–Crippen LogP) is -0.311. The highest BCUT2D eigenvalue weighted by Gasteiger charge is 2.53. The first-order chi connectivity index (χ1) is 9.16. The van der Waals surface area contributed by atoms with Crippen LogP contribution in [-0.2, 0) is 14.2 Å². The molecule has 2 aliphatic heterocycles. The molecule has 0 aromatic heterocycles. The topological polar surface area (TPSA) is 85.2 Å². The summed E-state index contributed by atoms with van der Waals surface area (Å²) in [5, 5.41) is 19.0. The van der Waals surface area contributed by atoms with Gasteiger partial charge in [0, 0.05) is 0 Å². The van der Waals surface area contributed by atoms with E-state index in [-0.39, 0.29) is 6.61 Å². The minimum atomic E-state index is -1.30. The summed E-state index contributed by atoms with van der Waals surface area (Å²) >= 11 is 0. The van der Waals surface area contributed by atoms with E-state index in [4.69, 9.17) is 14.2 Å². The first-order valence-electron chi connectivity index (χ1n) is 6.06. The molecule has 0 aliphatic carbocycles. The lowest BCUT2D eigenvalue weighted by atomic mass is 10.1. The van der Waals surface area contributed by atoms with Gasteiger partial charge in [0.05, 0.1) is 12.2 Å². The fourth-order valence-electron chi connectivity index (χ4n) is 2.35. The standard InChI is InChI=1S/C13H14O6/c14-9-11-10(19-13(9)16)8(6-17-11)18-12(15)7-4-2-1-3-5-7/h1-5,8-11,13-14,16H,6H2/t8-,9-,10-,11-,13+/m0/s1. The highest BCUT2D eigenvalue weighted by atomic mass is 16.7. The maximum atomic E-state index is 11.9. The zero-order valence-corrected chi connectivity index (χ0v) is 10.0. The molecule has 1 aromatic carbocycles. The molecule has 2 saturated heterocycles. The highest BCUT2D eigenvalue weighted by molar-refractivity contribution is 5.89. The zero-order chi connectivity index (χ0) is 13.4. The van der Waals surface area contributed by atoms with E-state index in [0.29, 0.717) is 5.56 Å². The predicted molar refractivity (Wildman–Crippen MR) is 62.3 cm³/mol. The van der Waals surface area contributed by atoms with Crippen molar-refractivity contribution in [2.24, 2.45) is 0 Å². The molecular formula is C13H14O6. The molecule has 2 aliphatic rings. The lowest BCUT2D eigenvalue weighted by molar-refractivity contribution is -0.150. The summed E-state index contributed by atoms with van der Waals surface area (Å²) in [4.78, 5) is 11.9. The van der Waals surface area contributed by atoms with Crippen LogP contribution < -0.4 is 0 Å². The van der Waals surface area contributed by atoms with Crippen molar-refractivity contribution in [1.82, 2.24) is 0 Å². The first kappa shape index (κ1) is 12.6. The van der Waals surface area contributed by atoms with E-state index in [1.165, 1.54) is 0 Å². The Morgan fingerprint density at radius 1 is 1.21 bits per heavy atom. The summed E-state index contributed by atoms with van der Waals surface area (Å²) in [7, 11) is 0. The monoisotopic (exact) mass is 266 g/mol. The SMILES string of the molecule is O=C(O[C@H]1CO[C@H]2[C@H](O)[C@H](O)O[C@H]21)c1ccccc1. The van der Waals surface area contributed by atoms with Crippen molar-refractivity contribution >= 4 is 5.97 Å². The van der Waals surface area contributed by atoms with E-state index in [0.717, 1.165) is 0 Å². The van der Waals surface area contributed by atoms with E-state index in [1.54, 1.807) is 30.3 Å². The Labute approximate surface area is 109 Å². The summed E-state index contributed by atoms with van der Waals surface area (Å²) in [6, 6.07) is 8.58. The molecule has 1 aromatic rings. The minimum Gasteiger partial charge on any atom is -0.453 e. The Morgan fingerprint density at radius 2 is 1.95 bits per heavy atom. The number of aliphatic hydroxyl groups excluding tert-OH is 2. The molecule has 0 saturated carbocycles. The van der Waals surface area contributed by atoms with Gasteiger partial charge in [-0.25, -0.2) is 4.79 Å². The molecule has 0 radical (unpaired) electrons. The minimum absolute atomic E-state index is 0.150. The Balaban J connectivity index is 1.67. The number of fused-ring (bicyclic) bond motifs is 1. The van der Waals surface area contributed by atoms with E-state index in [9.17, 15) is 15.0 Å². The average molecular weight is 266 g/mol. The maximum Gasteiger partial charge on any atom is 0.338 e. The van der Waals surface area contributed by atoms with Gasteiger partial charge in [-0.3, -0.25) is 0 Å². The molecule has 2 fully saturated rings. The molecule has 0 spiro atoms. The second-order valence-corrected chi connectivity index (χ2v) is 4.59. The first-order valence-corrected chi connectivity index (χ1v) is 6.06. The van der Waals surface area contributed by atoms with Crippen LogP contribution in [0.25, 0.3) is 0 Å². The van der Waals surface area contributed by atoms with Crippen LogP contribution in [-0.4, -0.2) is 53.5 Å². The van der Waals surface area contributed by atoms with Crippen molar-refractivity contribution in [2.75, 3.05) is 6.61 Å². The number of hydrogen-bond acceptors (Lipinski definition) is 6. The number of ether oxygens (including phenoxy) is 3. The van der Waals surface area contributed by atoms with Crippen LogP contribution in [0.5, 0.6) is 0 Å². The molecule has 5 atom stereocenters. The normalized spacial score (nSPS) is 37.1. The smallest absolute Gasteiger partial charge is 0.338 e. The van der Waals surface area contributed by atoms with Crippen LogP contribution in [0.2, 0.25) is 0 Å². The second-order valence-electron chi connectivity index (χ2n) is 4.59. The molecule has 0 amide bonds. The van der Waals surface area contributed by atoms with Gasteiger partial charge in [0.25, 0.3) is 0 Å². The molecule has 6 nitrogen and oxygen atoms in total. The Morgan fingerprint density at radius 3 is 2.68 bits per heavy atom. The van der Waals surface area contributed by atoms with Crippen molar-refractivity contribution in [1.29, 1.82) is 0 Å². The fourth-order valence-corrected chi connectivity index (χ4v) is 2.35. The molecule has 0 unspecified atom stereocenters. The van der Waals surface area contributed by atoms with Crippen molar-refractivity contribution in [3.05, 3.63) is 35.9 Å². The summed E-state index contributed by atoms with van der Waals surface area (Å²) in [5.41, 5.74) is 0.435. The lowest BCUT2D eigenvalue weighted by Crippen LogP contribution is -2.34. The highest BCUT2D eigenvalue weighted by Crippen LogP contribution is 2.32. The van der Waals surface area contributed by atoms with Crippen LogP contribution in [0.4, 0.5) is 0 Å². The van der Waals surface area contributed by atoms with Gasteiger partial charge in [0.15, 0.2) is 12.4 Å². The van der Waals surface area contributed by atoms with Gasteiger partial charge in [-0.05, 0) is 12.1 Å². The fraction of sp³-hybridized carbons (Fsp3) is 0.462. The van der Waals surface area contributed by atoms with Crippen LogP contribution in [0, 0.1) is 0 Å². The molecular weight excluding hydrogens is 252 g/mol. The number of hydrogen-bond donors (Lipinski definition) is 2.